The van der Waals surface area contributed by atoms with Gasteiger partial charge in [-0.15, -0.1) is 16.4 Å². The first-order valence-corrected chi connectivity index (χ1v) is 8.04. The van der Waals surface area contributed by atoms with Crippen LogP contribution in [0.1, 0.15) is 21.1 Å². The van der Waals surface area contributed by atoms with E-state index in [2.05, 4.69) is 19.9 Å². The first kappa shape index (κ1) is 14.8. The molecule has 0 unspecified atom stereocenters. The Bertz CT molecular complexity index is 740. The van der Waals surface area contributed by atoms with E-state index in [1.165, 1.54) is 17.4 Å². The average Bonchev–Trinajstić information content (AvgIpc) is 2.76. The number of anilines is 1. The molecule has 0 atom stereocenters. The van der Waals surface area contributed by atoms with Crippen LogP contribution in [0.25, 0.3) is 0 Å². The van der Waals surface area contributed by atoms with Crippen molar-refractivity contribution in [2.75, 3.05) is 4.72 Å². The zero-order valence-corrected chi connectivity index (χ0v) is 12.8. The molecule has 0 aliphatic rings. The summed E-state index contributed by atoms with van der Waals surface area (Å²) in [5, 5.41) is 16.6. The second-order valence-corrected chi connectivity index (χ2v) is 7.19. The van der Waals surface area contributed by atoms with Gasteiger partial charge in [0.2, 0.25) is 0 Å². The van der Waals surface area contributed by atoms with Crippen molar-refractivity contribution < 1.29 is 13.5 Å². The van der Waals surface area contributed by atoms with Gasteiger partial charge in [0.05, 0.1) is 18.0 Å². The zero-order chi connectivity index (χ0) is 14.9. The number of thiophene rings is 1. The first-order valence-electron chi connectivity index (χ1n) is 5.74. The van der Waals surface area contributed by atoms with Crippen molar-refractivity contribution in [2.45, 2.75) is 32.3 Å². The van der Waals surface area contributed by atoms with Gasteiger partial charge < -0.3 is 5.11 Å². The molecule has 0 spiro atoms. The van der Waals surface area contributed by atoms with E-state index in [9.17, 15) is 8.42 Å². The summed E-state index contributed by atoms with van der Waals surface area (Å²) < 4.78 is 26.8. The van der Waals surface area contributed by atoms with E-state index < -0.39 is 10.0 Å². The fraction of sp³-hybridized carbons (Fsp3) is 0.364. The third-order valence-corrected chi connectivity index (χ3v) is 5.31. The van der Waals surface area contributed by atoms with E-state index in [1.807, 2.05) is 0 Å². The molecule has 0 aliphatic heterocycles. The monoisotopic (exact) mass is 314 g/mol. The van der Waals surface area contributed by atoms with Gasteiger partial charge in [0.25, 0.3) is 16.0 Å². The van der Waals surface area contributed by atoms with Crippen LogP contribution in [-0.4, -0.2) is 28.7 Å². The van der Waals surface area contributed by atoms with Gasteiger partial charge in [-0.3, -0.25) is 0 Å². The second kappa shape index (κ2) is 5.43. The number of aryl methyl sites for hydroxylation is 3. The molecule has 20 heavy (non-hydrogen) atoms. The highest BCUT2D eigenvalue weighted by molar-refractivity contribution is 7.92. The van der Waals surface area contributed by atoms with Crippen LogP contribution < -0.4 is 4.72 Å². The minimum atomic E-state index is -3.78. The molecule has 0 saturated heterocycles. The summed E-state index contributed by atoms with van der Waals surface area (Å²) >= 11 is 1.23. The molecule has 108 valence electrons. The Hall–Kier alpha value is -1.58. The molecule has 0 saturated carbocycles. The van der Waals surface area contributed by atoms with E-state index in [0.717, 1.165) is 0 Å². The summed E-state index contributed by atoms with van der Waals surface area (Å²) in [6.45, 7) is 4.95. The third-order valence-electron chi connectivity index (χ3n) is 2.69. The molecular weight excluding hydrogens is 300 g/mol. The molecular formula is C11H14N4O3S2. The number of rotatable bonds is 4. The van der Waals surface area contributed by atoms with Crippen LogP contribution in [0.2, 0.25) is 0 Å². The van der Waals surface area contributed by atoms with Crippen LogP contribution in [0.15, 0.2) is 11.0 Å². The Morgan fingerprint density at radius 3 is 2.50 bits per heavy atom. The molecule has 0 amide bonds. The van der Waals surface area contributed by atoms with E-state index in [1.54, 1.807) is 20.8 Å². The average molecular weight is 314 g/mol. The Morgan fingerprint density at radius 2 is 1.95 bits per heavy atom. The third kappa shape index (κ3) is 2.94. The van der Waals surface area contributed by atoms with Crippen LogP contribution in [-0.2, 0) is 16.6 Å². The van der Waals surface area contributed by atoms with Gasteiger partial charge in [-0.05, 0) is 26.8 Å². The standard InChI is InChI=1S/C11H14N4O3S2/c1-6-7(2)13-14-11(12-6)15-20(17,18)10-4-9(5-16)19-8(10)3/h4,16H,5H2,1-3H3,(H,12,14,15). The Kier molecular flexibility index (Phi) is 4.02. The maximum absolute atomic E-state index is 12.3. The van der Waals surface area contributed by atoms with E-state index >= 15 is 0 Å². The second-order valence-electron chi connectivity index (χ2n) is 4.20. The molecule has 0 fully saturated rings. The van der Waals surface area contributed by atoms with Crippen molar-refractivity contribution in [1.29, 1.82) is 0 Å². The number of nitrogens with one attached hydrogen (secondary N) is 1. The highest BCUT2D eigenvalue weighted by Gasteiger charge is 2.21. The lowest BCUT2D eigenvalue weighted by Crippen LogP contribution is -2.16. The van der Waals surface area contributed by atoms with Gasteiger partial charge in [-0.2, -0.15) is 5.10 Å². The van der Waals surface area contributed by atoms with Crippen molar-refractivity contribution in [3.8, 4) is 0 Å². The number of aromatic nitrogens is 3. The summed E-state index contributed by atoms with van der Waals surface area (Å²) in [5.74, 6) is -0.0655. The number of hydrogen-bond donors (Lipinski definition) is 2. The Morgan fingerprint density at radius 1 is 1.25 bits per heavy atom. The van der Waals surface area contributed by atoms with Crippen LogP contribution in [0.4, 0.5) is 5.95 Å². The Balaban J connectivity index is 2.35. The quantitative estimate of drug-likeness (QED) is 0.877. The van der Waals surface area contributed by atoms with Crippen LogP contribution >= 0.6 is 11.3 Å². The zero-order valence-electron chi connectivity index (χ0n) is 11.2. The minimum absolute atomic E-state index is 0.0655. The molecule has 9 heteroatoms. The molecule has 2 N–H and O–H groups in total. The van der Waals surface area contributed by atoms with E-state index in [0.29, 0.717) is 21.1 Å². The fourth-order valence-electron chi connectivity index (χ4n) is 1.54. The van der Waals surface area contributed by atoms with E-state index in [-0.39, 0.29) is 17.5 Å². The highest BCUT2D eigenvalue weighted by atomic mass is 32.2. The summed E-state index contributed by atoms with van der Waals surface area (Å²) in [6.07, 6.45) is 0. The lowest BCUT2D eigenvalue weighted by Gasteiger charge is -2.06. The summed E-state index contributed by atoms with van der Waals surface area (Å²) in [4.78, 5) is 5.33. The largest absolute Gasteiger partial charge is 0.391 e. The fourth-order valence-corrected chi connectivity index (χ4v) is 3.98. The summed E-state index contributed by atoms with van der Waals surface area (Å²) in [7, 11) is -3.78. The lowest BCUT2D eigenvalue weighted by molar-refractivity contribution is 0.285. The molecule has 0 aromatic carbocycles. The van der Waals surface area contributed by atoms with Crippen molar-refractivity contribution in [1.82, 2.24) is 15.2 Å². The summed E-state index contributed by atoms with van der Waals surface area (Å²) in [5.41, 5.74) is 1.25. The van der Waals surface area contributed by atoms with Crippen molar-refractivity contribution in [3.05, 3.63) is 27.2 Å². The maximum Gasteiger partial charge on any atom is 0.265 e. The van der Waals surface area contributed by atoms with Crippen LogP contribution in [0, 0.1) is 20.8 Å². The summed E-state index contributed by atoms with van der Waals surface area (Å²) in [6, 6.07) is 1.44. The maximum atomic E-state index is 12.3. The number of aliphatic hydroxyl groups is 1. The normalized spacial score (nSPS) is 11.6. The van der Waals surface area contributed by atoms with Crippen molar-refractivity contribution in [2.24, 2.45) is 0 Å². The molecule has 2 aromatic heterocycles. The predicted molar refractivity (Wildman–Crippen MR) is 75.1 cm³/mol. The molecule has 0 radical (unpaired) electrons. The Labute approximate surface area is 120 Å². The van der Waals surface area contributed by atoms with Gasteiger partial charge in [0.15, 0.2) is 0 Å². The van der Waals surface area contributed by atoms with Crippen LogP contribution in [0.3, 0.4) is 0 Å². The topological polar surface area (TPSA) is 105 Å². The number of hydrogen-bond acceptors (Lipinski definition) is 7. The van der Waals surface area contributed by atoms with Gasteiger partial charge in [-0.1, -0.05) is 0 Å². The number of nitrogens with zero attached hydrogens (tertiary/aromatic N) is 3. The van der Waals surface area contributed by atoms with E-state index in [4.69, 9.17) is 5.11 Å². The molecule has 7 nitrogen and oxygen atoms in total. The van der Waals surface area contributed by atoms with Gasteiger partial charge >= 0.3 is 0 Å². The SMILES string of the molecule is Cc1nnc(NS(=O)(=O)c2cc(CO)sc2C)nc1C. The van der Waals surface area contributed by atoms with Crippen molar-refractivity contribution in [3.63, 3.8) is 0 Å². The molecule has 2 aromatic rings. The molecule has 0 bridgehead atoms. The molecule has 0 aliphatic carbocycles. The predicted octanol–water partition coefficient (Wildman–Crippen LogP) is 1.15. The molecule has 2 heterocycles. The smallest absolute Gasteiger partial charge is 0.265 e. The van der Waals surface area contributed by atoms with Crippen molar-refractivity contribution >= 4 is 27.3 Å². The number of sulfonamides is 1. The minimum Gasteiger partial charge on any atom is -0.391 e. The van der Waals surface area contributed by atoms with Crippen LogP contribution in [0.5, 0.6) is 0 Å². The highest BCUT2D eigenvalue weighted by Crippen LogP contribution is 2.26. The number of aliphatic hydroxyl groups excluding tert-OH is 1. The molecule has 2 rings (SSSR count). The van der Waals surface area contributed by atoms with Gasteiger partial charge in [0, 0.05) is 9.75 Å². The van der Waals surface area contributed by atoms with Gasteiger partial charge in [-0.25, -0.2) is 18.1 Å². The first-order chi connectivity index (χ1) is 9.33. The lowest BCUT2D eigenvalue weighted by atomic mass is 10.4. The van der Waals surface area contributed by atoms with Gasteiger partial charge in [0.1, 0.15) is 4.90 Å².